The lowest BCUT2D eigenvalue weighted by Crippen LogP contribution is -2.41. The Kier molecular flexibility index (Phi) is 5.99. The number of hydrogen-bond acceptors (Lipinski definition) is 5. The molecule has 0 amide bonds. The van der Waals surface area contributed by atoms with Crippen LogP contribution in [0.25, 0.3) is 61.3 Å². The molecule has 7 heteroatoms. The van der Waals surface area contributed by atoms with Crippen molar-refractivity contribution in [3.8, 4) is 28.7 Å². The summed E-state index contributed by atoms with van der Waals surface area (Å²) in [6.45, 7) is 8.33. The van der Waals surface area contributed by atoms with Crippen LogP contribution in [0.5, 0.6) is 0 Å². The number of rotatable bonds is 4. The number of aromatic nitrogens is 4. The fourth-order valence-electron chi connectivity index (χ4n) is 6.05. The van der Waals surface area contributed by atoms with Gasteiger partial charge in [0.25, 0.3) is 0 Å². The predicted octanol–water partition coefficient (Wildman–Crippen LogP) is 7.76. The van der Waals surface area contributed by atoms with E-state index in [0.29, 0.717) is 17.6 Å². The standard InChI is InChI=1S/C37H31BN4O2/c1-36(2)37(3,4)44-38(43-36)27-20-22-30-29(23-27)32-28-18-12-11-13-24(28)19-21-31(32)42(30)35-40-33(25-14-7-5-8-15-25)39-34(41-35)26-16-9-6-10-17-26/h5-23H,1-4H3. The zero-order valence-corrected chi connectivity index (χ0v) is 25.2. The van der Waals surface area contributed by atoms with Crippen molar-refractivity contribution >= 4 is 45.2 Å². The van der Waals surface area contributed by atoms with Gasteiger partial charge in [-0.15, -0.1) is 0 Å². The van der Waals surface area contributed by atoms with Crippen LogP contribution in [-0.2, 0) is 9.31 Å². The highest BCUT2D eigenvalue weighted by Crippen LogP contribution is 2.39. The zero-order valence-electron chi connectivity index (χ0n) is 25.2. The van der Waals surface area contributed by atoms with Crippen LogP contribution in [0.4, 0.5) is 0 Å². The molecule has 0 saturated carbocycles. The summed E-state index contributed by atoms with van der Waals surface area (Å²) in [6.07, 6.45) is 0. The molecule has 0 unspecified atom stereocenters. The minimum absolute atomic E-state index is 0.431. The Labute approximate surface area is 256 Å². The molecule has 1 aliphatic heterocycles. The van der Waals surface area contributed by atoms with Crippen molar-refractivity contribution in [2.24, 2.45) is 0 Å². The van der Waals surface area contributed by atoms with Crippen LogP contribution >= 0.6 is 0 Å². The van der Waals surface area contributed by atoms with E-state index in [1.54, 1.807) is 0 Å². The van der Waals surface area contributed by atoms with Crippen LogP contribution in [0.15, 0.2) is 115 Å². The van der Waals surface area contributed by atoms with Gasteiger partial charge in [-0.1, -0.05) is 103 Å². The summed E-state index contributed by atoms with van der Waals surface area (Å²) in [6, 6.07) is 39.4. The van der Waals surface area contributed by atoms with Crippen molar-refractivity contribution in [1.82, 2.24) is 19.5 Å². The van der Waals surface area contributed by atoms with Crippen molar-refractivity contribution in [2.45, 2.75) is 38.9 Å². The van der Waals surface area contributed by atoms with Crippen molar-refractivity contribution in [2.75, 3.05) is 0 Å². The molecule has 214 valence electrons. The van der Waals surface area contributed by atoms with Gasteiger partial charge in [-0.3, -0.25) is 4.57 Å². The normalized spacial score (nSPS) is 15.9. The Hall–Kier alpha value is -4.85. The summed E-state index contributed by atoms with van der Waals surface area (Å²) in [5.41, 5.74) is 4.01. The molecule has 5 aromatic carbocycles. The maximum absolute atomic E-state index is 6.46. The van der Waals surface area contributed by atoms with Gasteiger partial charge in [0.05, 0.1) is 22.2 Å². The smallest absolute Gasteiger partial charge is 0.399 e. The highest BCUT2D eigenvalue weighted by atomic mass is 16.7. The van der Waals surface area contributed by atoms with Crippen LogP contribution in [0.3, 0.4) is 0 Å². The minimum Gasteiger partial charge on any atom is -0.399 e. The van der Waals surface area contributed by atoms with Gasteiger partial charge in [0.2, 0.25) is 5.95 Å². The SMILES string of the molecule is CC1(C)OB(c2ccc3c(c2)c2c4ccccc4ccc2n3-c2nc(-c3ccccc3)nc(-c3ccccc3)n2)OC1(C)C. The van der Waals surface area contributed by atoms with Gasteiger partial charge in [-0.2, -0.15) is 9.97 Å². The van der Waals surface area contributed by atoms with Gasteiger partial charge < -0.3 is 9.31 Å². The van der Waals surface area contributed by atoms with Crippen LogP contribution in [-0.4, -0.2) is 37.8 Å². The van der Waals surface area contributed by atoms with Crippen LogP contribution in [0.2, 0.25) is 0 Å². The first-order valence-corrected chi connectivity index (χ1v) is 15.0. The molecule has 0 aliphatic carbocycles. The Balaban J connectivity index is 1.42. The Morgan fingerprint density at radius 1 is 0.568 bits per heavy atom. The van der Waals surface area contributed by atoms with E-state index in [0.717, 1.165) is 38.4 Å². The molecule has 7 aromatic rings. The summed E-state index contributed by atoms with van der Waals surface area (Å²) in [4.78, 5) is 15.1. The molecular formula is C37H31BN4O2. The van der Waals surface area contributed by atoms with Crippen molar-refractivity contribution in [3.63, 3.8) is 0 Å². The third-order valence-corrected chi connectivity index (χ3v) is 9.09. The largest absolute Gasteiger partial charge is 0.494 e. The molecular weight excluding hydrogens is 543 g/mol. The molecule has 1 fully saturated rings. The number of benzene rings is 5. The van der Waals surface area contributed by atoms with Gasteiger partial charge >= 0.3 is 7.12 Å². The Morgan fingerprint density at radius 3 is 1.77 bits per heavy atom. The van der Waals surface area contributed by atoms with Gasteiger partial charge in [0.15, 0.2) is 11.6 Å². The van der Waals surface area contributed by atoms with E-state index in [9.17, 15) is 0 Å². The first kappa shape index (κ1) is 26.8. The van der Waals surface area contributed by atoms with Gasteiger partial charge in [-0.25, -0.2) is 4.98 Å². The molecule has 3 heterocycles. The van der Waals surface area contributed by atoms with E-state index in [-0.39, 0.29) is 0 Å². The number of hydrogen-bond donors (Lipinski definition) is 0. The third-order valence-electron chi connectivity index (χ3n) is 9.09. The summed E-state index contributed by atoms with van der Waals surface area (Å²) in [5, 5.41) is 4.57. The lowest BCUT2D eigenvalue weighted by molar-refractivity contribution is 0.00578. The first-order chi connectivity index (χ1) is 21.3. The fourth-order valence-corrected chi connectivity index (χ4v) is 6.05. The monoisotopic (exact) mass is 574 g/mol. The van der Waals surface area contributed by atoms with Gasteiger partial charge in [-0.05, 0) is 56.1 Å². The number of nitrogens with zero attached hydrogens (tertiary/aromatic N) is 4. The Bertz CT molecular complexity index is 2120. The maximum atomic E-state index is 6.46. The summed E-state index contributed by atoms with van der Waals surface area (Å²) in [7, 11) is -0.468. The zero-order chi connectivity index (χ0) is 30.1. The van der Waals surface area contributed by atoms with Crippen LogP contribution in [0, 0.1) is 0 Å². The van der Waals surface area contributed by atoms with E-state index in [1.165, 1.54) is 10.8 Å². The van der Waals surface area contributed by atoms with Crippen molar-refractivity contribution < 1.29 is 9.31 Å². The predicted molar refractivity (Wildman–Crippen MR) is 178 cm³/mol. The lowest BCUT2D eigenvalue weighted by Gasteiger charge is -2.32. The second-order valence-electron chi connectivity index (χ2n) is 12.4. The van der Waals surface area contributed by atoms with Crippen molar-refractivity contribution in [1.29, 1.82) is 0 Å². The fraction of sp³-hybridized carbons (Fsp3) is 0.162. The average Bonchev–Trinajstić information content (AvgIpc) is 3.50. The molecule has 1 saturated heterocycles. The third kappa shape index (κ3) is 4.23. The lowest BCUT2D eigenvalue weighted by atomic mass is 9.78. The summed E-state index contributed by atoms with van der Waals surface area (Å²) >= 11 is 0. The molecule has 8 rings (SSSR count). The summed E-state index contributed by atoms with van der Waals surface area (Å²) < 4.78 is 15.1. The second-order valence-corrected chi connectivity index (χ2v) is 12.4. The molecule has 6 nitrogen and oxygen atoms in total. The van der Waals surface area contributed by atoms with Crippen LogP contribution < -0.4 is 5.46 Å². The average molecular weight is 574 g/mol. The highest BCUT2D eigenvalue weighted by Gasteiger charge is 2.51. The molecule has 0 radical (unpaired) electrons. The maximum Gasteiger partial charge on any atom is 0.494 e. The highest BCUT2D eigenvalue weighted by molar-refractivity contribution is 6.62. The molecule has 0 bridgehead atoms. The summed E-state index contributed by atoms with van der Waals surface area (Å²) in [5.74, 6) is 1.81. The van der Waals surface area contributed by atoms with E-state index >= 15 is 0 Å². The topological polar surface area (TPSA) is 62.1 Å². The quantitative estimate of drug-likeness (QED) is 0.201. The first-order valence-electron chi connectivity index (χ1n) is 15.0. The van der Waals surface area contributed by atoms with Gasteiger partial charge in [0, 0.05) is 21.9 Å². The van der Waals surface area contributed by atoms with Crippen LogP contribution in [0.1, 0.15) is 27.7 Å². The van der Waals surface area contributed by atoms with E-state index in [2.05, 4.69) is 86.9 Å². The molecule has 44 heavy (non-hydrogen) atoms. The minimum atomic E-state index is -0.468. The Morgan fingerprint density at radius 2 is 1.14 bits per heavy atom. The van der Waals surface area contributed by atoms with Gasteiger partial charge in [0.1, 0.15) is 0 Å². The van der Waals surface area contributed by atoms with E-state index in [1.807, 2.05) is 60.7 Å². The number of fused-ring (bicyclic) bond motifs is 5. The second kappa shape index (κ2) is 9.84. The van der Waals surface area contributed by atoms with Crippen molar-refractivity contribution in [3.05, 3.63) is 115 Å². The van der Waals surface area contributed by atoms with E-state index < -0.39 is 18.3 Å². The molecule has 0 spiro atoms. The molecule has 0 N–H and O–H groups in total. The molecule has 0 atom stereocenters. The molecule has 1 aliphatic rings. The molecule has 2 aromatic heterocycles. The van der Waals surface area contributed by atoms with E-state index in [4.69, 9.17) is 24.3 Å².